The Morgan fingerprint density at radius 2 is 1.30 bits per heavy atom. The summed E-state index contributed by atoms with van der Waals surface area (Å²) in [6.45, 7) is 8.79. The number of ether oxygens (including phenoxy) is 5. The minimum atomic E-state index is -1.40. The molecule has 0 saturated heterocycles. The van der Waals surface area contributed by atoms with E-state index in [4.69, 9.17) is 28.8 Å². The SMILES string of the molecule is CC(C)CCCOC(=O)OC1CCC(OC(=O)O)CC1OC(=O)OCCCC(C)C. The third-order valence-electron chi connectivity index (χ3n) is 4.74. The molecule has 3 atom stereocenters. The first-order chi connectivity index (χ1) is 14.2. The summed E-state index contributed by atoms with van der Waals surface area (Å²) in [7, 11) is 0. The Hall–Kier alpha value is -2.19. The first-order valence-corrected chi connectivity index (χ1v) is 10.7. The molecule has 0 aromatic carbocycles. The Morgan fingerprint density at radius 3 is 1.77 bits per heavy atom. The van der Waals surface area contributed by atoms with Gasteiger partial charge in [0.05, 0.1) is 13.2 Å². The van der Waals surface area contributed by atoms with Gasteiger partial charge in [0.25, 0.3) is 0 Å². The highest BCUT2D eigenvalue weighted by Crippen LogP contribution is 2.27. The van der Waals surface area contributed by atoms with Gasteiger partial charge in [0.15, 0.2) is 0 Å². The van der Waals surface area contributed by atoms with Gasteiger partial charge < -0.3 is 28.8 Å². The van der Waals surface area contributed by atoms with Gasteiger partial charge in [-0.2, -0.15) is 0 Å². The quantitative estimate of drug-likeness (QED) is 0.268. The first kappa shape index (κ1) is 25.8. The van der Waals surface area contributed by atoms with Crippen molar-refractivity contribution in [2.24, 2.45) is 11.8 Å². The molecule has 9 nitrogen and oxygen atoms in total. The average molecular weight is 433 g/mol. The fourth-order valence-corrected chi connectivity index (χ4v) is 3.18. The number of carboxylic acid groups (broad SMARTS) is 1. The van der Waals surface area contributed by atoms with Crippen molar-refractivity contribution in [2.45, 2.75) is 91.0 Å². The summed E-state index contributed by atoms with van der Waals surface area (Å²) in [4.78, 5) is 34.8. The molecule has 1 rings (SSSR count). The van der Waals surface area contributed by atoms with E-state index < -0.39 is 36.8 Å². The molecule has 1 N–H and O–H groups in total. The molecule has 0 aliphatic heterocycles. The molecule has 0 heterocycles. The molecule has 0 aromatic heterocycles. The van der Waals surface area contributed by atoms with Gasteiger partial charge >= 0.3 is 18.5 Å². The van der Waals surface area contributed by atoms with Gasteiger partial charge in [0, 0.05) is 6.42 Å². The molecule has 174 valence electrons. The summed E-state index contributed by atoms with van der Waals surface area (Å²) >= 11 is 0. The van der Waals surface area contributed by atoms with Gasteiger partial charge in [-0.05, 0) is 50.4 Å². The van der Waals surface area contributed by atoms with E-state index >= 15 is 0 Å². The fraction of sp³-hybridized carbons (Fsp3) is 0.857. The maximum Gasteiger partial charge on any atom is 0.508 e. The zero-order valence-electron chi connectivity index (χ0n) is 18.5. The molecule has 9 heteroatoms. The monoisotopic (exact) mass is 432 g/mol. The standard InChI is InChI=1S/C21H36O9/c1-14(2)7-5-11-26-20(24)29-17-10-9-16(28-19(22)23)13-18(17)30-21(25)27-12-6-8-15(3)4/h14-18H,5-13H2,1-4H3,(H,22,23). The van der Waals surface area contributed by atoms with Crippen LogP contribution in [0.5, 0.6) is 0 Å². The third kappa shape index (κ3) is 11.7. The lowest BCUT2D eigenvalue weighted by molar-refractivity contribution is -0.0964. The number of carbonyl (C=O) groups is 3. The zero-order valence-corrected chi connectivity index (χ0v) is 18.5. The molecule has 0 amide bonds. The lowest BCUT2D eigenvalue weighted by Gasteiger charge is -2.33. The highest BCUT2D eigenvalue weighted by molar-refractivity contribution is 5.61. The van der Waals surface area contributed by atoms with E-state index in [2.05, 4.69) is 27.7 Å². The maximum absolute atomic E-state index is 12.0. The second-order valence-electron chi connectivity index (χ2n) is 8.40. The second kappa shape index (κ2) is 13.9. The molecular formula is C21H36O9. The fourth-order valence-electron chi connectivity index (χ4n) is 3.18. The Kier molecular flexibility index (Phi) is 12.0. The van der Waals surface area contributed by atoms with Crippen LogP contribution in [0.4, 0.5) is 14.4 Å². The topological polar surface area (TPSA) is 118 Å². The minimum Gasteiger partial charge on any atom is -0.450 e. The molecule has 0 radical (unpaired) electrons. The summed E-state index contributed by atoms with van der Waals surface area (Å²) in [5.41, 5.74) is 0. The number of carbonyl (C=O) groups excluding carboxylic acids is 2. The zero-order chi connectivity index (χ0) is 22.5. The van der Waals surface area contributed by atoms with Gasteiger partial charge in [-0.25, -0.2) is 14.4 Å². The van der Waals surface area contributed by atoms with Crippen molar-refractivity contribution < 1.29 is 43.2 Å². The van der Waals surface area contributed by atoms with Crippen LogP contribution >= 0.6 is 0 Å². The molecule has 3 unspecified atom stereocenters. The average Bonchev–Trinajstić information content (AvgIpc) is 2.64. The lowest BCUT2D eigenvalue weighted by Crippen LogP contribution is -2.43. The molecular weight excluding hydrogens is 396 g/mol. The Bertz CT molecular complexity index is 533. The molecule has 1 aliphatic rings. The van der Waals surface area contributed by atoms with Gasteiger partial charge in [-0.3, -0.25) is 0 Å². The van der Waals surface area contributed by atoms with Crippen molar-refractivity contribution in [1.82, 2.24) is 0 Å². The number of hydrogen-bond acceptors (Lipinski definition) is 8. The molecule has 0 aromatic rings. The first-order valence-electron chi connectivity index (χ1n) is 10.7. The maximum atomic E-state index is 12.0. The molecule has 0 bridgehead atoms. The van der Waals surface area contributed by atoms with Crippen LogP contribution in [0.3, 0.4) is 0 Å². The van der Waals surface area contributed by atoms with Crippen molar-refractivity contribution in [3.8, 4) is 0 Å². The largest absolute Gasteiger partial charge is 0.508 e. The van der Waals surface area contributed by atoms with Crippen LogP contribution < -0.4 is 0 Å². The van der Waals surface area contributed by atoms with E-state index in [1.807, 2.05) is 0 Å². The number of hydrogen-bond donors (Lipinski definition) is 1. The Morgan fingerprint density at radius 1 is 0.800 bits per heavy atom. The van der Waals surface area contributed by atoms with Crippen LogP contribution in [-0.2, 0) is 23.7 Å². The van der Waals surface area contributed by atoms with Crippen molar-refractivity contribution in [3.05, 3.63) is 0 Å². The summed E-state index contributed by atoms with van der Waals surface area (Å²) in [5, 5.41) is 8.83. The van der Waals surface area contributed by atoms with Crippen LogP contribution in [0.15, 0.2) is 0 Å². The molecule has 30 heavy (non-hydrogen) atoms. The second-order valence-corrected chi connectivity index (χ2v) is 8.40. The predicted octanol–water partition coefficient (Wildman–Crippen LogP) is 5.15. The molecule has 1 saturated carbocycles. The Balaban J connectivity index is 2.53. The summed E-state index contributed by atoms with van der Waals surface area (Å²) in [5.74, 6) is 1.01. The van der Waals surface area contributed by atoms with Crippen molar-refractivity contribution in [2.75, 3.05) is 13.2 Å². The molecule has 0 spiro atoms. The van der Waals surface area contributed by atoms with E-state index in [-0.39, 0.29) is 26.1 Å². The molecule has 1 aliphatic carbocycles. The van der Waals surface area contributed by atoms with Gasteiger partial charge in [-0.15, -0.1) is 0 Å². The van der Waals surface area contributed by atoms with Crippen molar-refractivity contribution in [3.63, 3.8) is 0 Å². The normalized spacial score (nSPS) is 21.2. The summed E-state index contributed by atoms with van der Waals surface area (Å²) < 4.78 is 25.6. The minimum absolute atomic E-state index is 0.0820. The third-order valence-corrected chi connectivity index (χ3v) is 4.74. The van der Waals surface area contributed by atoms with Crippen LogP contribution in [0.1, 0.15) is 72.6 Å². The van der Waals surface area contributed by atoms with Crippen LogP contribution in [-0.4, -0.2) is 55.1 Å². The summed E-state index contributed by atoms with van der Waals surface area (Å²) in [6, 6.07) is 0. The van der Waals surface area contributed by atoms with Crippen LogP contribution in [0, 0.1) is 11.8 Å². The van der Waals surface area contributed by atoms with E-state index in [0.29, 0.717) is 24.7 Å². The highest BCUT2D eigenvalue weighted by atomic mass is 16.8. The van der Waals surface area contributed by atoms with E-state index in [9.17, 15) is 14.4 Å². The number of rotatable bonds is 11. The van der Waals surface area contributed by atoms with Gasteiger partial charge in [0.1, 0.15) is 18.3 Å². The van der Waals surface area contributed by atoms with Crippen LogP contribution in [0.2, 0.25) is 0 Å². The van der Waals surface area contributed by atoms with Gasteiger partial charge in [-0.1, -0.05) is 27.7 Å². The highest BCUT2D eigenvalue weighted by Gasteiger charge is 2.38. The molecule has 1 fully saturated rings. The predicted molar refractivity (Wildman–Crippen MR) is 107 cm³/mol. The lowest BCUT2D eigenvalue weighted by atomic mass is 9.92. The van der Waals surface area contributed by atoms with Crippen molar-refractivity contribution in [1.29, 1.82) is 0 Å². The Labute approximate surface area is 178 Å². The van der Waals surface area contributed by atoms with E-state index in [1.165, 1.54) is 0 Å². The summed E-state index contributed by atoms with van der Waals surface area (Å²) in [6.07, 6.45) is -1.38. The smallest absolute Gasteiger partial charge is 0.450 e. The van der Waals surface area contributed by atoms with Crippen molar-refractivity contribution >= 4 is 18.5 Å². The van der Waals surface area contributed by atoms with Gasteiger partial charge in [0.2, 0.25) is 0 Å². The van der Waals surface area contributed by atoms with E-state index in [0.717, 1.165) is 19.3 Å². The van der Waals surface area contributed by atoms with E-state index in [1.54, 1.807) is 0 Å². The van der Waals surface area contributed by atoms with Crippen LogP contribution in [0.25, 0.3) is 0 Å².